The Balaban J connectivity index is 1.80. The maximum absolute atomic E-state index is 11.8. The minimum atomic E-state index is -0.453. The lowest BCUT2D eigenvalue weighted by Crippen LogP contribution is -2.07. The van der Waals surface area contributed by atoms with E-state index in [1.165, 1.54) is 12.7 Å². The van der Waals surface area contributed by atoms with E-state index in [0.717, 1.165) is 24.5 Å². The molecule has 1 N–H and O–H groups in total. The number of ether oxygens (including phenoxy) is 3. The topological polar surface area (TPSA) is 69.7 Å². The standard InChI is InChI=1S/C17H18N2O4/c1-21-13-5-6-14(17(20)22-2)15(9-13)23-10-12-4-3-11-7-8-18-16(11)19-12/h3-6,9H,7-8,10H2,1-2H3,(H,18,19). The minimum Gasteiger partial charge on any atom is -0.497 e. The largest absolute Gasteiger partial charge is 0.497 e. The Morgan fingerprint density at radius 1 is 1.26 bits per heavy atom. The van der Waals surface area contributed by atoms with Crippen molar-refractivity contribution in [3.63, 3.8) is 0 Å². The van der Waals surface area contributed by atoms with Gasteiger partial charge in [-0.15, -0.1) is 0 Å². The summed E-state index contributed by atoms with van der Waals surface area (Å²) >= 11 is 0. The van der Waals surface area contributed by atoms with Crippen molar-refractivity contribution in [2.24, 2.45) is 0 Å². The van der Waals surface area contributed by atoms with Gasteiger partial charge in [0.2, 0.25) is 0 Å². The lowest BCUT2D eigenvalue weighted by Gasteiger charge is -2.12. The maximum Gasteiger partial charge on any atom is 0.341 e. The second kappa shape index (κ2) is 6.56. The van der Waals surface area contributed by atoms with E-state index in [4.69, 9.17) is 14.2 Å². The molecule has 0 saturated heterocycles. The molecule has 1 aromatic heterocycles. The van der Waals surface area contributed by atoms with Gasteiger partial charge in [0.15, 0.2) is 0 Å². The number of pyridine rings is 1. The van der Waals surface area contributed by atoms with Crippen LogP contribution in [0, 0.1) is 0 Å². The molecule has 2 heterocycles. The monoisotopic (exact) mass is 314 g/mol. The first-order valence-corrected chi connectivity index (χ1v) is 7.33. The Morgan fingerprint density at radius 2 is 2.13 bits per heavy atom. The van der Waals surface area contributed by atoms with Crippen molar-refractivity contribution in [2.75, 3.05) is 26.1 Å². The molecule has 0 fully saturated rings. The first-order valence-electron chi connectivity index (χ1n) is 7.33. The number of hydrogen-bond donors (Lipinski definition) is 1. The van der Waals surface area contributed by atoms with E-state index in [2.05, 4.69) is 10.3 Å². The van der Waals surface area contributed by atoms with Crippen molar-refractivity contribution in [3.05, 3.63) is 47.2 Å². The number of esters is 1. The number of anilines is 1. The first-order chi connectivity index (χ1) is 11.2. The average molecular weight is 314 g/mol. The SMILES string of the molecule is COC(=O)c1ccc(OC)cc1OCc1ccc2c(n1)NCC2. The zero-order valence-corrected chi connectivity index (χ0v) is 13.1. The molecule has 6 heteroatoms. The van der Waals surface area contributed by atoms with Crippen LogP contribution in [0.5, 0.6) is 11.5 Å². The van der Waals surface area contributed by atoms with Crippen LogP contribution in [0.4, 0.5) is 5.82 Å². The van der Waals surface area contributed by atoms with E-state index in [1.54, 1.807) is 25.3 Å². The lowest BCUT2D eigenvalue weighted by molar-refractivity contribution is 0.0595. The predicted molar refractivity (Wildman–Crippen MR) is 85.1 cm³/mol. The summed E-state index contributed by atoms with van der Waals surface area (Å²) < 4.78 is 15.7. The summed E-state index contributed by atoms with van der Waals surface area (Å²) in [5.74, 6) is 1.47. The number of aromatic nitrogens is 1. The fourth-order valence-electron chi connectivity index (χ4n) is 2.46. The van der Waals surface area contributed by atoms with Crippen LogP contribution < -0.4 is 14.8 Å². The second-order valence-corrected chi connectivity index (χ2v) is 5.13. The number of fused-ring (bicyclic) bond motifs is 1. The van der Waals surface area contributed by atoms with E-state index in [0.29, 0.717) is 17.1 Å². The van der Waals surface area contributed by atoms with E-state index in [1.807, 2.05) is 12.1 Å². The summed E-state index contributed by atoms with van der Waals surface area (Å²) in [6.45, 7) is 1.17. The van der Waals surface area contributed by atoms with Gasteiger partial charge in [0.25, 0.3) is 0 Å². The minimum absolute atomic E-state index is 0.256. The third-order valence-corrected chi connectivity index (χ3v) is 3.69. The molecule has 0 saturated carbocycles. The number of nitrogens with one attached hydrogen (secondary N) is 1. The van der Waals surface area contributed by atoms with E-state index in [9.17, 15) is 4.79 Å². The molecule has 2 aromatic rings. The number of carbonyl (C=O) groups excluding carboxylic acids is 1. The number of hydrogen-bond acceptors (Lipinski definition) is 6. The molecule has 0 radical (unpaired) electrons. The average Bonchev–Trinajstić information content (AvgIpc) is 3.06. The van der Waals surface area contributed by atoms with Crippen molar-refractivity contribution < 1.29 is 19.0 Å². The molecule has 1 aromatic carbocycles. The smallest absolute Gasteiger partial charge is 0.341 e. The van der Waals surface area contributed by atoms with Gasteiger partial charge in [-0.1, -0.05) is 6.07 Å². The molecule has 0 amide bonds. The molecule has 0 unspecified atom stereocenters. The summed E-state index contributed by atoms with van der Waals surface area (Å²) in [6.07, 6.45) is 0.992. The van der Waals surface area contributed by atoms with Crippen molar-refractivity contribution in [1.82, 2.24) is 4.98 Å². The Morgan fingerprint density at radius 3 is 2.91 bits per heavy atom. The molecule has 1 aliphatic rings. The summed E-state index contributed by atoms with van der Waals surface area (Å²) in [5, 5.41) is 3.23. The lowest BCUT2D eigenvalue weighted by atomic mass is 10.2. The zero-order valence-electron chi connectivity index (χ0n) is 13.1. The summed E-state index contributed by atoms with van der Waals surface area (Å²) in [7, 11) is 2.90. The summed E-state index contributed by atoms with van der Waals surface area (Å²) in [6, 6.07) is 8.96. The van der Waals surface area contributed by atoms with Crippen LogP contribution in [0.25, 0.3) is 0 Å². The fourth-order valence-corrected chi connectivity index (χ4v) is 2.46. The third kappa shape index (κ3) is 3.21. The number of nitrogens with zero attached hydrogens (tertiary/aromatic N) is 1. The first kappa shape index (κ1) is 15.1. The molecular formula is C17H18N2O4. The molecule has 0 spiro atoms. The highest BCUT2D eigenvalue weighted by Gasteiger charge is 2.16. The van der Waals surface area contributed by atoms with E-state index < -0.39 is 5.97 Å². The third-order valence-electron chi connectivity index (χ3n) is 3.69. The van der Waals surface area contributed by atoms with Crippen LogP contribution in [0.1, 0.15) is 21.6 Å². The van der Waals surface area contributed by atoms with Gasteiger partial charge in [-0.25, -0.2) is 9.78 Å². The van der Waals surface area contributed by atoms with Gasteiger partial charge in [-0.05, 0) is 30.2 Å². The number of carbonyl (C=O) groups is 1. The van der Waals surface area contributed by atoms with Crippen LogP contribution in [0.15, 0.2) is 30.3 Å². The molecule has 0 atom stereocenters. The Kier molecular flexibility index (Phi) is 4.32. The van der Waals surface area contributed by atoms with Gasteiger partial charge in [-0.3, -0.25) is 0 Å². The maximum atomic E-state index is 11.8. The van der Waals surface area contributed by atoms with Crippen LogP contribution in [0.3, 0.4) is 0 Å². The molecule has 0 aliphatic carbocycles. The predicted octanol–water partition coefficient (Wildman–Crippen LogP) is 2.42. The summed E-state index contributed by atoms with van der Waals surface area (Å²) in [5.41, 5.74) is 2.36. The number of benzene rings is 1. The molecule has 6 nitrogen and oxygen atoms in total. The van der Waals surface area contributed by atoms with Crippen molar-refractivity contribution in [2.45, 2.75) is 13.0 Å². The van der Waals surface area contributed by atoms with E-state index >= 15 is 0 Å². The fraction of sp³-hybridized carbons (Fsp3) is 0.294. The highest BCUT2D eigenvalue weighted by molar-refractivity contribution is 5.92. The molecule has 23 heavy (non-hydrogen) atoms. The van der Waals surface area contributed by atoms with Crippen LogP contribution in [-0.4, -0.2) is 31.7 Å². The highest BCUT2D eigenvalue weighted by Crippen LogP contribution is 2.27. The van der Waals surface area contributed by atoms with Crippen LogP contribution in [-0.2, 0) is 17.8 Å². The number of methoxy groups -OCH3 is 2. The van der Waals surface area contributed by atoms with E-state index in [-0.39, 0.29) is 6.61 Å². The Hall–Kier alpha value is -2.76. The molecule has 3 rings (SSSR count). The Bertz CT molecular complexity index is 731. The quantitative estimate of drug-likeness (QED) is 0.855. The second-order valence-electron chi connectivity index (χ2n) is 5.13. The van der Waals surface area contributed by atoms with Gasteiger partial charge < -0.3 is 19.5 Å². The van der Waals surface area contributed by atoms with Crippen LogP contribution in [0.2, 0.25) is 0 Å². The van der Waals surface area contributed by atoms with Gasteiger partial charge >= 0.3 is 5.97 Å². The van der Waals surface area contributed by atoms with Gasteiger partial charge in [0.05, 0.1) is 19.9 Å². The van der Waals surface area contributed by atoms with Crippen molar-refractivity contribution in [3.8, 4) is 11.5 Å². The van der Waals surface area contributed by atoms with Crippen molar-refractivity contribution >= 4 is 11.8 Å². The molecule has 120 valence electrons. The Labute approximate surface area is 134 Å². The van der Waals surface area contributed by atoms with Gasteiger partial charge in [0, 0.05) is 12.6 Å². The zero-order chi connectivity index (χ0) is 16.2. The molecule has 0 bridgehead atoms. The number of rotatable bonds is 5. The molecular weight excluding hydrogens is 296 g/mol. The normalized spacial score (nSPS) is 12.3. The van der Waals surface area contributed by atoms with Crippen molar-refractivity contribution in [1.29, 1.82) is 0 Å². The highest BCUT2D eigenvalue weighted by atomic mass is 16.5. The summed E-state index contributed by atoms with van der Waals surface area (Å²) in [4.78, 5) is 16.4. The van der Waals surface area contributed by atoms with Crippen LogP contribution >= 0.6 is 0 Å². The van der Waals surface area contributed by atoms with Gasteiger partial charge in [0.1, 0.15) is 29.5 Å². The molecule has 1 aliphatic heterocycles. The van der Waals surface area contributed by atoms with Gasteiger partial charge in [-0.2, -0.15) is 0 Å².